The number of furan rings is 1. The van der Waals surface area contributed by atoms with Crippen LogP contribution in [0.15, 0.2) is 65.8 Å². The maximum atomic E-state index is 5.65. The lowest BCUT2D eigenvalue weighted by Gasteiger charge is -2.04. The van der Waals surface area contributed by atoms with Crippen LogP contribution in [0.5, 0.6) is 0 Å². The number of hydrogen-bond acceptors (Lipinski definition) is 7. The van der Waals surface area contributed by atoms with Gasteiger partial charge in [-0.15, -0.1) is 11.3 Å². The van der Waals surface area contributed by atoms with Crippen molar-refractivity contribution < 1.29 is 4.42 Å². The summed E-state index contributed by atoms with van der Waals surface area (Å²) in [7, 11) is 0. The molecule has 5 aromatic heterocycles. The molecule has 0 aliphatic carbocycles. The molecule has 0 radical (unpaired) electrons. The molecule has 0 aliphatic rings. The number of rotatable bonds is 3. The maximum Gasteiger partial charge on any atom is 0.178 e. The number of thiazole rings is 1. The molecule has 0 atom stereocenters. The van der Waals surface area contributed by atoms with Gasteiger partial charge in [-0.2, -0.15) is 0 Å². The van der Waals surface area contributed by atoms with E-state index in [9.17, 15) is 0 Å². The minimum absolute atomic E-state index is 0.562. The summed E-state index contributed by atoms with van der Waals surface area (Å²) in [5.41, 5.74) is 4.15. The summed E-state index contributed by atoms with van der Waals surface area (Å²) in [6, 6.07) is 9.49. The van der Waals surface area contributed by atoms with Gasteiger partial charge in [0.1, 0.15) is 16.3 Å². The minimum Gasteiger partial charge on any atom is -0.464 e. The molecule has 0 spiro atoms. The fourth-order valence-corrected chi connectivity index (χ4v) is 3.97. The van der Waals surface area contributed by atoms with Crippen LogP contribution >= 0.6 is 11.3 Å². The summed E-state index contributed by atoms with van der Waals surface area (Å²) < 4.78 is 5.65. The fraction of sp³-hybridized carbons (Fsp3) is 0.0500. The molecular weight excluding hydrogens is 358 g/mol. The highest BCUT2D eigenvalue weighted by molar-refractivity contribution is 7.18. The van der Waals surface area contributed by atoms with Crippen molar-refractivity contribution in [3.05, 3.63) is 67.1 Å². The van der Waals surface area contributed by atoms with Gasteiger partial charge in [-0.05, 0) is 31.2 Å². The summed E-state index contributed by atoms with van der Waals surface area (Å²) in [6.45, 7) is 1.99. The standard InChI is InChI=1S/C20H13N5OS/c1-12-18(27-20(24-12)13-4-2-6-21-11-13)17-14-5-9-26-16(14)10-15(25-17)19-22-7-3-8-23-19/h2-11H,1H3. The van der Waals surface area contributed by atoms with Crippen LogP contribution in [-0.4, -0.2) is 24.9 Å². The zero-order valence-corrected chi connectivity index (χ0v) is 15.1. The van der Waals surface area contributed by atoms with Gasteiger partial charge in [0.2, 0.25) is 0 Å². The van der Waals surface area contributed by atoms with Crippen molar-refractivity contribution in [2.24, 2.45) is 0 Å². The minimum atomic E-state index is 0.562. The van der Waals surface area contributed by atoms with Crippen LogP contribution in [0, 0.1) is 6.92 Å². The quantitative estimate of drug-likeness (QED) is 0.454. The van der Waals surface area contributed by atoms with Gasteiger partial charge < -0.3 is 4.42 Å². The Morgan fingerprint density at radius 2 is 1.89 bits per heavy atom. The second-order valence-corrected chi connectivity index (χ2v) is 6.94. The van der Waals surface area contributed by atoms with Crippen LogP contribution in [0.25, 0.3) is 43.6 Å². The van der Waals surface area contributed by atoms with Crippen molar-refractivity contribution in [2.45, 2.75) is 6.92 Å². The summed E-state index contributed by atoms with van der Waals surface area (Å²) >= 11 is 1.59. The number of pyridine rings is 2. The van der Waals surface area contributed by atoms with Gasteiger partial charge in [0, 0.05) is 41.8 Å². The number of nitrogens with zero attached hydrogens (tertiary/aromatic N) is 5. The highest BCUT2D eigenvalue weighted by atomic mass is 32.1. The van der Waals surface area contributed by atoms with E-state index in [4.69, 9.17) is 14.4 Å². The molecule has 5 rings (SSSR count). The van der Waals surface area contributed by atoms with Gasteiger partial charge in [0.05, 0.1) is 22.5 Å². The number of fused-ring (bicyclic) bond motifs is 1. The van der Waals surface area contributed by atoms with Gasteiger partial charge in [-0.1, -0.05) is 0 Å². The molecule has 0 saturated carbocycles. The fourth-order valence-electron chi connectivity index (χ4n) is 2.91. The van der Waals surface area contributed by atoms with E-state index in [0.29, 0.717) is 11.5 Å². The van der Waals surface area contributed by atoms with Crippen molar-refractivity contribution in [2.75, 3.05) is 0 Å². The number of aryl methyl sites for hydroxylation is 1. The van der Waals surface area contributed by atoms with Gasteiger partial charge >= 0.3 is 0 Å². The molecule has 0 saturated heterocycles. The molecule has 0 N–H and O–H groups in total. The van der Waals surface area contributed by atoms with Gasteiger partial charge in [0.25, 0.3) is 0 Å². The first-order valence-electron chi connectivity index (χ1n) is 8.33. The molecule has 0 bridgehead atoms. The first-order chi connectivity index (χ1) is 13.3. The second-order valence-electron chi connectivity index (χ2n) is 5.94. The summed E-state index contributed by atoms with van der Waals surface area (Å²) in [6.07, 6.45) is 8.65. The topological polar surface area (TPSA) is 77.6 Å². The van der Waals surface area contributed by atoms with E-state index in [0.717, 1.165) is 37.8 Å². The number of aromatic nitrogens is 5. The Hall–Kier alpha value is -3.45. The Kier molecular flexibility index (Phi) is 3.72. The van der Waals surface area contributed by atoms with Crippen LogP contribution < -0.4 is 0 Å². The van der Waals surface area contributed by atoms with Gasteiger partial charge in [-0.3, -0.25) is 4.98 Å². The molecule has 130 valence electrons. The van der Waals surface area contributed by atoms with Crippen LogP contribution in [0.1, 0.15) is 5.69 Å². The van der Waals surface area contributed by atoms with Crippen LogP contribution in [0.2, 0.25) is 0 Å². The van der Waals surface area contributed by atoms with Crippen LogP contribution in [0.3, 0.4) is 0 Å². The molecule has 7 heteroatoms. The highest BCUT2D eigenvalue weighted by Gasteiger charge is 2.18. The summed E-state index contributed by atoms with van der Waals surface area (Å²) in [5, 5.41) is 1.86. The predicted molar refractivity (Wildman–Crippen MR) is 104 cm³/mol. The Morgan fingerprint density at radius 1 is 1.00 bits per heavy atom. The highest BCUT2D eigenvalue weighted by Crippen LogP contribution is 2.38. The lowest BCUT2D eigenvalue weighted by atomic mass is 10.1. The van der Waals surface area contributed by atoms with E-state index >= 15 is 0 Å². The monoisotopic (exact) mass is 371 g/mol. The second kappa shape index (κ2) is 6.37. The average molecular weight is 371 g/mol. The summed E-state index contributed by atoms with van der Waals surface area (Å²) in [4.78, 5) is 23.4. The first kappa shape index (κ1) is 15.8. The Labute approximate surface area is 158 Å². The molecule has 0 amide bonds. The molecular formula is C20H13N5OS. The van der Waals surface area contributed by atoms with E-state index in [1.54, 1.807) is 42.3 Å². The van der Waals surface area contributed by atoms with E-state index in [-0.39, 0.29) is 0 Å². The largest absolute Gasteiger partial charge is 0.464 e. The number of hydrogen-bond donors (Lipinski definition) is 0. The lowest BCUT2D eigenvalue weighted by molar-refractivity contribution is 0.615. The zero-order chi connectivity index (χ0) is 18.2. The lowest BCUT2D eigenvalue weighted by Crippen LogP contribution is -1.93. The zero-order valence-electron chi connectivity index (χ0n) is 14.3. The normalized spacial score (nSPS) is 11.1. The predicted octanol–water partition coefficient (Wildman–Crippen LogP) is 4.78. The van der Waals surface area contributed by atoms with E-state index in [1.807, 2.05) is 37.4 Å². The summed E-state index contributed by atoms with van der Waals surface area (Å²) in [5.74, 6) is 0.562. The van der Waals surface area contributed by atoms with E-state index < -0.39 is 0 Å². The first-order valence-corrected chi connectivity index (χ1v) is 9.15. The average Bonchev–Trinajstić information content (AvgIpc) is 3.35. The molecule has 6 nitrogen and oxygen atoms in total. The third-order valence-corrected chi connectivity index (χ3v) is 5.38. The molecule has 0 aromatic carbocycles. The Balaban J connectivity index is 1.71. The molecule has 27 heavy (non-hydrogen) atoms. The van der Waals surface area contributed by atoms with Gasteiger partial charge in [-0.25, -0.2) is 19.9 Å². The molecule has 0 unspecified atom stereocenters. The molecule has 5 aromatic rings. The third-order valence-electron chi connectivity index (χ3n) is 4.17. The Bertz CT molecular complexity index is 1230. The molecule has 0 aliphatic heterocycles. The Morgan fingerprint density at radius 3 is 2.70 bits per heavy atom. The maximum absolute atomic E-state index is 5.65. The molecule has 5 heterocycles. The van der Waals surface area contributed by atoms with Crippen LogP contribution in [-0.2, 0) is 0 Å². The van der Waals surface area contributed by atoms with Gasteiger partial charge in [0.15, 0.2) is 5.82 Å². The SMILES string of the molecule is Cc1nc(-c2cccnc2)sc1-c1nc(-c2ncccn2)cc2occc12. The smallest absolute Gasteiger partial charge is 0.178 e. The molecule has 0 fully saturated rings. The van der Waals surface area contributed by atoms with Crippen LogP contribution in [0.4, 0.5) is 0 Å². The van der Waals surface area contributed by atoms with Crippen molar-refractivity contribution in [1.29, 1.82) is 0 Å². The van der Waals surface area contributed by atoms with Crippen molar-refractivity contribution in [3.8, 4) is 32.7 Å². The van der Waals surface area contributed by atoms with Crippen molar-refractivity contribution >= 4 is 22.3 Å². The van der Waals surface area contributed by atoms with E-state index in [2.05, 4.69) is 15.0 Å². The van der Waals surface area contributed by atoms with Crippen molar-refractivity contribution in [3.63, 3.8) is 0 Å². The van der Waals surface area contributed by atoms with Crippen molar-refractivity contribution in [1.82, 2.24) is 24.9 Å². The van der Waals surface area contributed by atoms with E-state index in [1.165, 1.54) is 0 Å². The third kappa shape index (κ3) is 2.78.